The Hall–Kier alpha value is -2.76. The van der Waals surface area contributed by atoms with Gasteiger partial charge in [0.05, 0.1) is 12.0 Å². The molecule has 6 nitrogen and oxygen atoms in total. The minimum absolute atomic E-state index is 0.00395. The molecule has 1 saturated carbocycles. The van der Waals surface area contributed by atoms with Gasteiger partial charge in [-0.3, -0.25) is 0 Å². The van der Waals surface area contributed by atoms with Gasteiger partial charge in [0.25, 0.3) is 10.2 Å². The topological polar surface area (TPSA) is 76.0 Å². The van der Waals surface area contributed by atoms with Crippen LogP contribution in [0.5, 0.6) is 0 Å². The van der Waals surface area contributed by atoms with Crippen LogP contribution in [0, 0.1) is 17.7 Å². The van der Waals surface area contributed by atoms with Gasteiger partial charge >= 0.3 is 6.18 Å². The van der Waals surface area contributed by atoms with E-state index in [0.717, 1.165) is 40.9 Å². The Morgan fingerprint density at radius 2 is 1.69 bits per heavy atom. The highest BCUT2D eigenvalue weighted by molar-refractivity contribution is 7.87. The summed E-state index contributed by atoms with van der Waals surface area (Å²) in [6, 6.07) is 11.7. The van der Waals surface area contributed by atoms with Crippen molar-refractivity contribution in [2.45, 2.75) is 37.9 Å². The smallest absolute Gasteiger partial charge is 0.306 e. The Morgan fingerprint density at radius 3 is 2.37 bits per heavy atom. The Morgan fingerprint density at radius 1 is 1.00 bits per heavy atom. The van der Waals surface area contributed by atoms with Gasteiger partial charge in [-0.2, -0.15) is 31.0 Å². The van der Waals surface area contributed by atoms with Gasteiger partial charge in [0, 0.05) is 23.5 Å². The van der Waals surface area contributed by atoms with E-state index in [-0.39, 0.29) is 17.7 Å². The number of alkyl halides is 3. The highest BCUT2D eigenvalue weighted by Crippen LogP contribution is 2.41. The Kier molecular flexibility index (Phi) is 6.18. The van der Waals surface area contributed by atoms with Gasteiger partial charge in [-0.1, -0.05) is 12.1 Å². The molecular formula is C24H24F4N4O2S. The molecule has 2 aliphatic carbocycles. The quantitative estimate of drug-likeness (QED) is 0.491. The molecule has 2 aliphatic rings. The van der Waals surface area contributed by atoms with Gasteiger partial charge in [-0.25, -0.2) is 9.37 Å². The number of hydrogen-bond donors (Lipinski definition) is 2. The van der Waals surface area contributed by atoms with Crippen LogP contribution in [-0.2, 0) is 23.1 Å². The SMILES string of the molecule is O=S(=O)(NCC(F)(F)F)N[C@@H]1C2CCC1Cc1cc(-c3cn(-c4ccc(F)cc4)cn3)ccc1C2. The molecule has 5 rings (SSSR count). The summed E-state index contributed by atoms with van der Waals surface area (Å²) >= 11 is 0. The Balaban J connectivity index is 1.34. The molecule has 186 valence electrons. The fourth-order valence-electron chi connectivity index (χ4n) is 5.19. The van der Waals surface area contributed by atoms with Gasteiger partial charge in [0.1, 0.15) is 12.4 Å². The standard InChI is InChI=1S/C24H24F4N4O2S/c25-20-5-7-21(8-6-20)32-12-22(29-14-32)16-2-1-15-9-17-3-4-18(11-19(15)10-16)23(17)31-35(33,34)30-13-24(26,27)28/h1-2,5-8,10,12,14,17-18,23,30-31H,3-4,9,11,13H2/t17?,18?,23-/m1/s1. The van der Waals surface area contributed by atoms with Crippen LogP contribution in [0.4, 0.5) is 17.6 Å². The van der Waals surface area contributed by atoms with Crippen LogP contribution in [-0.4, -0.2) is 36.7 Å². The van der Waals surface area contributed by atoms with Crippen LogP contribution >= 0.6 is 0 Å². The number of nitrogens with zero attached hydrogens (tertiary/aromatic N) is 2. The molecule has 2 bridgehead atoms. The predicted molar refractivity (Wildman–Crippen MR) is 122 cm³/mol. The molecule has 2 N–H and O–H groups in total. The fourth-order valence-corrected chi connectivity index (χ4v) is 6.37. The summed E-state index contributed by atoms with van der Waals surface area (Å²) in [5.74, 6) is -0.297. The number of rotatable bonds is 6. The Bertz CT molecular complexity index is 1320. The number of benzene rings is 2. The molecule has 0 saturated heterocycles. The minimum Gasteiger partial charge on any atom is -0.306 e. The van der Waals surface area contributed by atoms with Gasteiger partial charge in [-0.15, -0.1) is 0 Å². The minimum atomic E-state index is -4.62. The molecule has 0 spiro atoms. The molecule has 3 aromatic rings. The van der Waals surface area contributed by atoms with E-state index in [9.17, 15) is 26.0 Å². The van der Waals surface area contributed by atoms with Crippen molar-refractivity contribution in [3.8, 4) is 16.9 Å². The van der Waals surface area contributed by atoms with E-state index in [1.165, 1.54) is 12.1 Å². The summed E-state index contributed by atoms with van der Waals surface area (Å²) in [6.07, 6.45) is 1.82. The van der Waals surface area contributed by atoms with E-state index >= 15 is 0 Å². The lowest BCUT2D eigenvalue weighted by Crippen LogP contribution is -2.49. The summed E-state index contributed by atoms with van der Waals surface area (Å²) in [7, 11) is -4.28. The normalized spacial score (nSPS) is 22.1. The molecule has 3 atom stereocenters. The summed E-state index contributed by atoms with van der Waals surface area (Å²) in [5, 5.41) is 0. The second kappa shape index (κ2) is 9.03. The van der Waals surface area contributed by atoms with E-state index in [2.05, 4.69) is 15.8 Å². The van der Waals surface area contributed by atoms with E-state index in [1.54, 1.807) is 27.7 Å². The summed E-state index contributed by atoms with van der Waals surface area (Å²) in [5.41, 5.74) is 4.66. The van der Waals surface area contributed by atoms with Crippen molar-refractivity contribution in [2.24, 2.45) is 11.8 Å². The van der Waals surface area contributed by atoms with Crippen LogP contribution < -0.4 is 9.44 Å². The molecule has 2 unspecified atom stereocenters. The molecule has 0 amide bonds. The summed E-state index contributed by atoms with van der Waals surface area (Å²) in [4.78, 5) is 4.49. The van der Waals surface area contributed by atoms with Gasteiger partial charge in [0.15, 0.2) is 0 Å². The zero-order valence-corrected chi connectivity index (χ0v) is 19.4. The third-order valence-corrected chi connectivity index (χ3v) is 7.96. The van der Waals surface area contributed by atoms with Gasteiger partial charge in [0.2, 0.25) is 0 Å². The molecule has 35 heavy (non-hydrogen) atoms. The Labute approximate surface area is 200 Å². The third-order valence-electron chi connectivity index (χ3n) is 6.85. The molecule has 2 aromatic carbocycles. The van der Waals surface area contributed by atoms with Gasteiger partial charge in [-0.05, 0) is 79.0 Å². The first-order valence-electron chi connectivity index (χ1n) is 11.3. The fraction of sp³-hybridized carbons (Fsp3) is 0.375. The largest absolute Gasteiger partial charge is 0.402 e. The van der Waals surface area contributed by atoms with Crippen LogP contribution in [0.2, 0.25) is 0 Å². The zero-order valence-electron chi connectivity index (χ0n) is 18.6. The highest BCUT2D eigenvalue weighted by atomic mass is 32.2. The van der Waals surface area contributed by atoms with Crippen molar-refractivity contribution in [3.05, 3.63) is 71.9 Å². The first-order chi connectivity index (χ1) is 16.6. The van der Waals surface area contributed by atoms with Crippen molar-refractivity contribution in [1.82, 2.24) is 19.0 Å². The van der Waals surface area contributed by atoms with Crippen molar-refractivity contribution in [3.63, 3.8) is 0 Å². The molecule has 1 aromatic heterocycles. The number of imidazole rings is 1. The first-order valence-corrected chi connectivity index (χ1v) is 12.8. The molecule has 0 radical (unpaired) electrons. The van der Waals surface area contributed by atoms with Gasteiger partial charge < -0.3 is 4.57 Å². The lowest BCUT2D eigenvalue weighted by atomic mass is 9.91. The number of halogens is 4. The van der Waals surface area contributed by atoms with Crippen molar-refractivity contribution >= 4 is 10.2 Å². The van der Waals surface area contributed by atoms with Crippen LogP contribution in [0.25, 0.3) is 16.9 Å². The monoisotopic (exact) mass is 508 g/mol. The maximum Gasteiger partial charge on any atom is 0.402 e. The van der Waals surface area contributed by atoms with Crippen LogP contribution in [0.3, 0.4) is 0 Å². The van der Waals surface area contributed by atoms with Crippen molar-refractivity contribution in [2.75, 3.05) is 6.54 Å². The lowest BCUT2D eigenvalue weighted by molar-refractivity contribution is -0.121. The van der Waals surface area contributed by atoms with Crippen molar-refractivity contribution < 1.29 is 26.0 Å². The molecule has 1 heterocycles. The third kappa shape index (κ3) is 5.41. The van der Waals surface area contributed by atoms with Crippen molar-refractivity contribution in [1.29, 1.82) is 0 Å². The average Bonchev–Trinajstić information content (AvgIpc) is 3.37. The molecule has 11 heteroatoms. The number of aromatic nitrogens is 2. The first kappa shape index (κ1) is 24.0. The highest BCUT2D eigenvalue weighted by Gasteiger charge is 2.41. The number of fused-ring (bicyclic) bond motifs is 3. The lowest BCUT2D eigenvalue weighted by Gasteiger charge is -2.23. The van der Waals surface area contributed by atoms with E-state index in [0.29, 0.717) is 12.8 Å². The number of nitrogens with one attached hydrogen (secondary N) is 2. The molecule has 1 fully saturated rings. The molecule has 0 aliphatic heterocycles. The zero-order chi connectivity index (χ0) is 24.8. The second-order valence-electron chi connectivity index (χ2n) is 9.22. The van der Waals surface area contributed by atoms with E-state index in [1.807, 2.05) is 18.3 Å². The maximum absolute atomic E-state index is 13.2. The van der Waals surface area contributed by atoms with Crippen LogP contribution in [0.15, 0.2) is 55.0 Å². The summed E-state index contributed by atoms with van der Waals surface area (Å²) < 4.78 is 81.2. The summed E-state index contributed by atoms with van der Waals surface area (Å²) in [6.45, 7) is -1.60. The predicted octanol–water partition coefficient (Wildman–Crippen LogP) is 4.16. The maximum atomic E-state index is 13.2. The van der Waals surface area contributed by atoms with Crippen LogP contribution in [0.1, 0.15) is 24.0 Å². The second-order valence-corrected chi connectivity index (χ2v) is 10.7. The molecular weight excluding hydrogens is 484 g/mol. The number of hydrogen-bond acceptors (Lipinski definition) is 3. The average molecular weight is 509 g/mol. The van der Waals surface area contributed by atoms with E-state index in [4.69, 9.17) is 0 Å². The van der Waals surface area contributed by atoms with E-state index < -0.39 is 29.0 Å².